The molecule has 1 saturated heterocycles. The van der Waals surface area contributed by atoms with Crippen LogP contribution in [-0.4, -0.2) is 40.2 Å². The molecule has 3 rings (SSSR count). The quantitative estimate of drug-likeness (QED) is 0.766. The molecule has 1 unspecified atom stereocenters. The molecule has 0 bridgehead atoms. The van der Waals surface area contributed by atoms with Crippen molar-refractivity contribution in [3.63, 3.8) is 0 Å². The number of benzene rings is 1. The number of hydrogen-bond acceptors (Lipinski definition) is 6. The van der Waals surface area contributed by atoms with Gasteiger partial charge < -0.3 is 19.3 Å². The van der Waals surface area contributed by atoms with Crippen LogP contribution in [-0.2, 0) is 27.5 Å². The van der Waals surface area contributed by atoms with E-state index in [1.807, 2.05) is 37.3 Å². The zero-order chi connectivity index (χ0) is 19.4. The number of hydrogen-bond donors (Lipinski definition) is 1. The fourth-order valence-corrected chi connectivity index (χ4v) is 3.29. The second kappa shape index (κ2) is 8.62. The molecule has 1 aromatic heterocycles. The summed E-state index contributed by atoms with van der Waals surface area (Å²) in [6.45, 7) is 1.83. The van der Waals surface area contributed by atoms with Crippen LogP contribution in [0.2, 0.25) is 0 Å². The first-order chi connectivity index (χ1) is 13.1. The van der Waals surface area contributed by atoms with Gasteiger partial charge in [0.05, 0.1) is 19.3 Å². The van der Waals surface area contributed by atoms with Crippen LogP contribution in [0.3, 0.4) is 0 Å². The van der Waals surface area contributed by atoms with Crippen molar-refractivity contribution in [3.8, 4) is 0 Å². The molecule has 0 amide bonds. The average Bonchev–Trinajstić information content (AvgIpc) is 3.00. The van der Waals surface area contributed by atoms with Gasteiger partial charge in [-0.05, 0) is 5.56 Å². The van der Waals surface area contributed by atoms with Gasteiger partial charge in [0, 0.05) is 25.3 Å². The number of methoxy groups -OCH3 is 1. The molecule has 1 N–H and O–H groups in total. The van der Waals surface area contributed by atoms with Gasteiger partial charge in [0.1, 0.15) is 12.8 Å². The molecule has 8 nitrogen and oxygen atoms in total. The van der Waals surface area contributed by atoms with Crippen LogP contribution >= 0.6 is 0 Å². The van der Waals surface area contributed by atoms with Gasteiger partial charge in [0.25, 0.3) is 5.56 Å². The predicted octanol–water partition coefficient (Wildman–Crippen LogP) is 0.725. The molecule has 0 radical (unpaired) electrons. The molecule has 27 heavy (non-hydrogen) atoms. The largest absolute Gasteiger partial charge is 0.394 e. The Kier molecular flexibility index (Phi) is 6.22. The van der Waals surface area contributed by atoms with Crippen molar-refractivity contribution in [1.29, 1.82) is 0 Å². The average molecular weight is 376 g/mol. The zero-order valence-corrected chi connectivity index (χ0v) is 15.4. The minimum atomic E-state index is -0.726. The molecule has 1 aromatic carbocycles. The molecule has 8 heteroatoms. The van der Waals surface area contributed by atoms with E-state index in [-0.39, 0.29) is 25.9 Å². The first kappa shape index (κ1) is 19.5. The van der Waals surface area contributed by atoms with E-state index in [0.29, 0.717) is 0 Å². The highest BCUT2D eigenvalue weighted by Gasteiger charge is 2.43. The van der Waals surface area contributed by atoms with Gasteiger partial charge in [-0.2, -0.15) is 0 Å². The maximum absolute atomic E-state index is 12.8. The summed E-state index contributed by atoms with van der Waals surface area (Å²) >= 11 is 0. The summed E-state index contributed by atoms with van der Waals surface area (Å²) in [6, 6.07) is 10.8. The third kappa shape index (κ3) is 4.03. The maximum Gasteiger partial charge on any atom is 0.335 e. The summed E-state index contributed by atoms with van der Waals surface area (Å²) in [5, 5.41) is 9.46. The molecule has 0 saturated carbocycles. The summed E-state index contributed by atoms with van der Waals surface area (Å²) in [7, 11) is 1.53. The van der Waals surface area contributed by atoms with E-state index in [1.165, 1.54) is 23.9 Å². The molecule has 1 fully saturated rings. The number of ether oxygens (including phenoxy) is 3. The van der Waals surface area contributed by atoms with Crippen molar-refractivity contribution in [3.05, 3.63) is 69.0 Å². The van der Waals surface area contributed by atoms with Gasteiger partial charge in [0.2, 0.25) is 0 Å². The highest BCUT2D eigenvalue weighted by atomic mass is 16.6. The number of nitrogens with zero attached hydrogens (tertiary/aromatic N) is 2. The van der Waals surface area contributed by atoms with Crippen LogP contribution in [0.25, 0.3) is 0 Å². The standard InChI is InChI=1S/C19H24N2O6/c1-13-15(10-22)27-18(17(13)25-2)20-9-8-16(23)21(19(20)24)12-26-11-14-6-4-3-5-7-14/h3-9,13,15,17-18,22H,10-12H2,1-2H3/t13?,15-,17+,18-/m1/s1. The van der Waals surface area contributed by atoms with Gasteiger partial charge in [-0.15, -0.1) is 0 Å². The fraction of sp³-hybridized carbons (Fsp3) is 0.474. The summed E-state index contributed by atoms with van der Waals surface area (Å²) in [4.78, 5) is 25.0. The lowest BCUT2D eigenvalue weighted by Gasteiger charge is -2.22. The van der Waals surface area contributed by atoms with E-state index in [0.717, 1.165) is 10.1 Å². The SMILES string of the molecule is CO[C@H]1C(C)[C@@H](CO)O[C@H]1n1ccc(=O)n(COCc2ccccc2)c1=O. The molecular formula is C19H24N2O6. The van der Waals surface area contributed by atoms with E-state index >= 15 is 0 Å². The van der Waals surface area contributed by atoms with Gasteiger partial charge in [-0.25, -0.2) is 9.36 Å². The first-order valence-electron chi connectivity index (χ1n) is 8.79. The molecule has 0 aliphatic carbocycles. The van der Waals surface area contributed by atoms with Crippen LogP contribution in [0.1, 0.15) is 18.7 Å². The van der Waals surface area contributed by atoms with Crippen molar-refractivity contribution in [2.45, 2.75) is 38.7 Å². The van der Waals surface area contributed by atoms with Gasteiger partial charge in [-0.1, -0.05) is 37.3 Å². The van der Waals surface area contributed by atoms with E-state index < -0.39 is 29.7 Å². The second-order valence-electron chi connectivity index (χ2n) is 6.54. The van der Waals surface area contributed by atoms with E-state index in [4.69, 9.17) is 14.2 Å². The third-order valence-electron chi connectivity index (χ3n) is 4.85. The minimum Gasteiger partial charge on any atom is -0.394 e. The number of aliphatic hydroxyl groups is 1. The summed E-state index contributed by atoms with van der Waals surface area (Å²) in [6.07, 6.45) is -0.199. The lowest BCUT2D eigenvalue weighted by atomic mass is 10.0. The summed E-state index contributed by atoms with van der Waals surface area (Å²) in [5.74, 6) is -0.105. The van der Waals surface area contributed by atoms with Crippen molar-refractivity contribution in [1.82, 2.24) is 9.13 Å². The van der Waals surface area contributed by atoms with Crippen molar-refractivity contribution >= 4 is 0 Å². The molecule has 1 aliphatic rings. The molecule has 2 heterocycles. The number of rotatable bonds is 7. The Morgan fingerprint density at radius 3 is 2.59 bits per heavy atom. The monoisotopic (exact) mass is 376 g/mol. The maximum atomic E-state index is 12.8. The highest BCUT2D eigenvalue weighted by molar-refractivity contribution is 5.13. The lowest BCUT2D eigenvalue weighted by Crippen LogP contribution is -2.43. The molecular weight excluding hydrogens is 352 g/mol. The first-order valence-corrected chi connectivity index (χ1v) is 8.79. The Balaban J connectivity index is 1.81. The van der Waals surface area contributed by atoms with Crippen molar-refractivity contribution in [2.75, 3.05) is 13.7 Å². The summed E-state index contributed by atoms with van der Waals surface area (Å²) < 4.78 is 19.1. The molecule has 0 spiro atoms. The van der Waals surface area contributed by atoms with Crippen LogP contribution < -0.4 is 11.2 Å². The Morgan fingerprint density at radius 1 is 1.19 bits per heavy atom. The normalized spacial score (nSPS) is 25.0. The van der Waals surface area contributed by atoms with Crippen molar-refractivity contribution in [2.24, 2.45) is 5.92 Å². The fourth-order valence-electron chi connectivity index (χ4n) is 3.29. The summed E-state index contributed by atoms with van der Waals surface area (Å²) in [5.41, 5.74) is -0.0589. The van der Waals surface area contributed by atoms with E-state index in [9.17, 15) is 14.7 Å². The smallest absolute Gasteiger partial charge is 0.335 e. The van der Waals surface area contributed by atoms with Gasteiger partial charge >= 0.3 is 5.69 Å². The Labute approximate surface area is 156 Å². The topological polar surface area (TPSA) is 91.9 Å². The molecule has 1 aliphatic heterocycles. The lowest BCUT2D eigenvalue weighted by molar-refractivity contribution is -0.0641. The van der Waals surface area contributed by atoms with E-state index in [1.54, 1.807) is 0 Å². The van der Waals surface area contributed by atoms with Crippen LogP contribution in [0.15, 0.2) is 52.2 Å². The Bertz CT molecular complexity index is 862. The molecule has 146 valence electrons. The van der Waals surface area contributed by atoms with Crippen molar-refractivity contribution < 1.29 is 19.3 Å². The zero-order valence-electron chi connectivity index (χ0n) is 15.4. The Morgan fingerprint density at radius 2 is 1.93 bits per heavy atom. The third-order valence-corrected chi connectivity index (χ3v) is 4.85. The molecule has 4 atom stereocenters. The van der Waals surface area contributed by atoms with Crippen LogP contribution in [0.5, 0.6) is 0 Å². The van der Waals surface area contributed by atoms with Crippen LogP contribution in [0, 0.1) is 5.92 Å². The van der Waals surface area contributed by atoms with Gasteiger partial charge in [0.15, 0.2) is 6.23 Å². The minimum absolute atomic E-state index is 0.105. The predicted molar refractivity (Wildman–Crippen MR) is 97.1 cm³/mol. The molecule has 2 aromatic rings. The van der Waals surface area contributed by atoms with Gasteiger partial charge in [-0.3, -0.25) is 9.36 Å². The van der Waals surface area contributed by atoms with E-state index in [2.05, 4.69) is 0 Å². The highest BCUT2D eigenvalue weighted by Crippen LogP contribution is 2.34. The van der Waals surface area contributed by atoms with Crippen LogP contribution in [0.4, 0.5) is 0 Å². The number of aromatic nitrogens is 2. The Hall–Kier alpha value is -2.26. The second-order valence-corrected chi connectivity index (χ2v) is 6.54. The number of aliphatic hydroxyl groups excluding tert-OH is 1.